The maximum Gasteiger partial charge on any atom is 0.335 e. The molecule has 0 aliphatic heterocycles. The highest BCUT2D eigenvalue weighted by atomic mass is 16.5. The van der Waals surface area contributed by atoms with Gasteiger partial charge in [-0.05, 0) is 30.3 Å². The lowest BCUT2D eigenvalue weighted by Crippen LogP contribution is -2.02. The molecular weight excluding hydrogens is 286 g/mol. The molecule has 3 aromatic rings. The van der Waals surface area contributed by atoms with Gasteiger partial charge in [0.05, 0.1) is 19.8 Å². The Hall–Kier alpha value is -3.09. The van der Waals surface area contributed by atoms with E-state index in [9.17, 15) is 4.79 Å². The summed E-state index contributed by atoms with van der Waals surface area (Å²) >= 11 is 0. The van der Waals surface area contributed by atoms with E-state index in [2.05, 4.69) is 10.2 Å². The van der Waals surface area contributed by atoms with Crippen LogP contribution in [0.3, 0.4) is 0 Å². The first kappa shape index (κ1) is 13.9. The molecule has 112 valence electrons. The standard InChI is InChI=1S/C15H13N3O4/c1-21-10-4-6-13(14(8-10)22-2)18-16-11-5-3-9(15(19)20)7-12(11)17-18/h3-8H,1-2H3,(H,19,20). The number of methoxy groups -OCH3 is 2. The van der Waals surface area contributed by atoms with Gasteiger partial charge in [0.2, 0.25) is 0 Å². The smallest absolute Gasteiger partial charge is 0.335 e. The maximum atomic E-state index is 11.0. The molecule has 1 aromatic heterocycles. The van der Waals surface area contributed by atoms with Gasteiger partial charge in [-0.2, -0.15) is 0 Å². The van der Waals surface area contributed by atoms with Crippen LogP contribution in [-0.4, -0.2) is 40.3 Å². The van der Waals surface area contributed by atoms with Crippen LogP contribution >= 0.6 is 0 Å². The molecule has 7 nitrogen and oxygen atoms in total. The molecule has 7 heteroatoms. The molecule has 0 atom stereocenters. The van der Waals surface area contributed by atoms with Crippen LogP contribution in [-0.2, 0) is 0 Å². The molecule has 0 saturated carbocycles. The van der Waals surface area contributed by atoms with Crippen LogP contribution in [0, 0.1) is 0 Å². The number of carbonyl (C=O) groups is 1. The number of carboxylic acids is 1. The topological polar surface area (TPSA) is 86.5 Å². The fourth-order valence-corrected chi connectivity index (χ4v) is 2.11. The van der Waals surface area contributed by atoms with Crippen LogP contribution in [0.5, 0.6) is 11.5 Å². The molecule has 0 fully saturated rings. The zero-order valence-electron chi connectivity index (χ0n) is 12.0. The molecule has 0 amide bonds. The molecule has 2 aromatic carbocycles. The fourth-order valence-electron chi connectivity index (χ4n) is 2.11. The Kier molecular flexibility index (Phi) is 3.38. The van der Waals surface area contributed by atoms with Crippen molar-refractivity contribution in [2.45, 2.75) is 0 Å². The van der Waals surface area contributed by atoms with E-state index in [4.69, 9.17) is 14.6 Å². The summed E-state index contributed by atoms with van der Waals surface area (Å²) in [5.74, 6) is 0.210. The molecule has 1 heterocycles. The molecule has 3 rings (SSSR count). The zero-order valence-corrected chi connectivity index (χ0v) is 12.0. The van der Waals surface area contributed by atoms with E-state index in [0.29, 0.717) is 28.2 Å². The van der Waals surface area contributed by atoms with Gasteiger partial charge in [-0.3, -0.25) is 0 Å². The Bertz CT molecular complexity index is 857. The summed E-state index contributed by atoms with van der Waals surface area (Å²) in [6.07, 6.45) is 0. The van der Waals surface area contributed by atoms with E-state index < -0.39 is 5.97 Å². The Morgan fingerprint density at radius 3 is 2.50 bits per heavy atom. The largest absolute Gasteiger partial charge is 0.497 e. The number of nitrogens with zero attached hydrogens (tertiary/aromatic N) is 3. The summed E-state index contributed by atoms with van der Waals surface area (Å²) in [5, 5.41) is 17.7. The van der Waals surface area contributed by atoms with Gasteiger partial charge in [-0.1, -0.05) is 0 Å². The van der Waals surface area contributed by atoms with Crippen molar-refractivity contribution in [2.75, 3.05) is 14.2 Å². The summed E-state index contributed by atoms with van der Waals surface area (Å²) in [6, 6.07) is 9.87. The van der Waals surface area contributed by atoms with E-state index in [0.717, 1.165) is 0 Å². The number of aromatic carboxylic acids is 1. The summed E-state index contributed by atoms with van der Waals surface area (Å²) < 4.78 is 10.5. The number of ether oxygens (including phenoxy) is 2. The van der Waals surface area contributed by atoms with Crippen molar-refractivity contribution in [3.05, 3.63) is 42.0 Å². The normalized spacial score (nSPS) is 10.6. The molecule has 0 radical (unpaired) electrons. The fraction of sp³-hybridized carbons (Fsp3) is 0.133. The average molecular weight is 299 g/mol. The lowest BCUT2D eigenvalue weighted by atomic mass is 10.2. The van der Waals surface area contributed by atoms with Crippen molar-refractivity contribution in [2.24, 2.45) is 0 Å². The molecule has 0 aliphatic rings. The number of hydrogen-bond acceptors (Lipinski definition) is 5. The number of aromatic nitrogens is 3. The minimum atomic E-state index is -1.00. The Morgan fingerprint density at radius 2 is 1.82 bits per heavy atom. The Balaban J connectivity index is 2.12. The lowest BCUT2D eigenvalue weighted by molar-refractivity contribution is 0.0697. The van der Waals surface area contributed by atoms with Gasteiger partial charge in [-0.25, -0.2) is 4.79 Å². The average Bonchev–Trinajstić information content (AvgIpc) is 2.96. The number of carboxylic acid groups (broad SMARTS) is 1. The van der Waals surface area contributed by atoms with Crippen LogP contribution in [0.1, 0.15) is 10.4 Å². The van der Waals surface area contributed by atoms with Crippen molar-refractivity contribution < 1.29 is 19.4 Å². The Labute approximate surface area is 125 Å². The lowest BCUT2D eigenvalue weighted by Gasteiger charge is -2.08. The van der Waals surface area contributed by atoms with Crippen LogP contribution < -0.4 is 9.47 Å². The van der Waals surface area contributed by atoms with Gasteiger partial charge < -0.3 is 14.6 Å². The van der Waals surface area contributed by atoms with E-state index in [1.165, 1.54) is 16.9 Å². The predicted molar refractivity (Wildman–Crippen MR) is 78.9 cm³/mol. The van der Waals surface area contributed by atoms with E-state index >= 15 is 0 Å². The second-order valence-electron chi connectivity index (χ2n) is 4.54. The molecule has 0 unspecified atom stereocenters. The van der Waals surface area contributed by atoms with Crippen molar-refractivity contribution in [1.82, 2.24) is 15.0 Å². The minimum absolute atomic E-state index is 0.168. The van der Waals surface area contributed by atoms with Gasteiger partial charge in [0.25, 0.3) is 0 Å². The number of rotatable bonds is 4. The van der Waals surface area contributed by atoms with Crippen LogP contribution in [0.25, 0.3) is 16.7 Å². The monoisotopic (exact) mass is 299 g/mol. The third-order valence-electron chi connectivity index (χ3n) is 3.23. The number of fused-ring (bicyclic) bond motifs is 1. The summed E-state index contributed by atoms with van der Waals surface area (Å²) in [6.45, 7) is 0. The second kappa shape index (κ2) is 5.36. The highest BCUT2D eigenvalue weighted by molar-refractivity contribution is 5.92. The van der Waals surface area contributed by atoms with E-state index in [1.807, 2.05) is 0 Å². The van der Waals surface area contributed by atoms with Crippen molar-refractivity contribution in [3.63, 3.8) is 0 Å². The van der Waals surface area contributed by atoms with Gasteiger partial charge in [0.1, 0.15) is 28.2 Å². The number of hydrogen-bond donors (Lipinski definition) is 1. The Morgan fingerprint density at radius 1 is 1.05 bits per heavy atom. The molecule has 22 heavy (non-hydrogen) atoms. The first-order valence-corrected chi connectivity index (χ1v) is 6.45. The van der Waals surface area contributed by atoms with E-state index in [1.54, 1.807) is 38.5 Å². The third kappa shape index (κ3) is 2.32. The first-order valence-electron chi connectivity index (χ1n) is 6.45. The SMILES string of the molecule is COc1ccc(-n2nc3ccc(C(=O)O)cc3n2)c(OC)c1. The van der Waals surface area contributed by atoms with Crippen molar-refractivity contribution in [3.8, 4) is 17.2 Å². The maximum absolute atomic E-state index is 11.0. The predicted octanol–water partition coefficient (Wildman–Crippen LogP) is 2.14. The highest BCUT2D eigenvalue weighted by Gasteiger charge is 2.12. The van der Waals surface area contributed by atoms with Crippen LogP contribution in [0.2, 0.25) is 0 Å². The van der Waals surface area contributed by atoms with Gasteiger partial charge in [0.15, 0.2) is 0 Å². The molecule has 0 saturated heterocycles. The molecule has 0 bridgehead atoms. The summed E-state index contributed by atoms with van der Waals surface area (Å²) in [4.78, 5) is 12.4. The van der Waals surface area contributed by atoms with E-state index in [-0.39, 0.29) is 5.56 Å². The van der Waals surface area contributed by atoms with Crippen LogP contribution in [0.4, 0.5) is 0 Å². The first-order chi connectivity index (χ1) is 10.6. The zero-order chi connectivity index (χ0) is 15.7. The third-order valence-corrected chi connectivity index (χ3v) is 3.23. The van der Waals surface area contributed by atoms with Gasteiger partial charge in [-0.15, -0.1) is 15.0 Å². The van der Waals surface area contributed by atoms with Gasteiger partial charge in [0, 0.05) is 6.07 Å². The molecule has 0 aliphatic carbocycles. The minimum Gasteiger partial charge on any atom is -0.497 e. The van der Waals surface area contributed by atoms with Crippen molar-refractivity contribution in [1.29, 1.82) is 0 Å². The molecular formula is C15H13N3O4. The number of benzene rings is 2. The summed E-state index contributed by atoms with van der Waals surface area (Å²) in [7, 11) is 3.12. The highest BCUT2D eigenvalue weighted by Crippen LogP contribution is 2.27. The van der Waals surface area contributed by atoms with Crippen molar-refractivity contribution >= 4 is 17.0 Å². The quantitative estimate of drug-likeness (QED) is 0.794. The van der Waals surface area contributed by atoms with Crippen LogP contribution in [0.15, 0.2) is 36.4 Å². The molecule has 1 N–H and O–H groups in total. The molecule has 0 spiro atoms. The summed E-state index contributed by atoms with van der Waals surface area (Å²) in [5.41, 5.74) is 1.90. The van der Waals surface area contributed by atoms with Gasteiger partial charge >= 0.3 is 5.97 Å². The second-order valence-corrected chi connectivity index (χ2v) is 4.54.